The molecule has 2 N–H and O–H groups in total. The van der Waals surface area contributed by atoms with Gasteiger partial charge in [0.25, 0.3) is 0 Å². The molecule has 0 radical (unpaired) electrons. The molecule has 1 amide bonds. The number of carboxylic acid groups (broad SMARTS) is 1. The van der Waals surface area contributed by atoms with E-state index in [0.717, 1.165) is 24.1 Å². The van der Waals surface area contributed by atoms with E-state index in [9.17, 15) is 9.59 Å². The summed E-state index contributed by atoms with van der Waals surface area (Å²) >= 11 is 1.25. The summed E-state index contributed by atoms with van der Waals surface area (Å²) in [7, 11) is 0. The fourth-order valence-corrected chi connectivity index (χ4v) is 2.92. The van der Waals surface area contributed by atoms with Gasteiger partial charge >= 0.3 is 5.97 Å². The maximum Gasteiger partial charge on any atom is 0.345 e. The molecule has 104 valence electrons. The number of carbonyl (C=O) groups excluding carboxylic acids is 1. The lowest BCUT2D eigenvalue weighted by atomic mass is 10.0. The zero-order valence-electron chi connectivity index (χ0n) is 11.2. The van der Waals surface area contributed by atoms with Crippen LogP contribution in [0.15, 0.2) is 12.1 Å². The molecule has 19 heavy (non-hydrogen) atoms. The summed E-state index contributed by atoms with van der Waals surface area (Å²) in [6.45, 7) is 4.20. The van der Waals surface area contributed by atoms with Crippen LogP contribution in [0.5, 0.6) is 0 Å². The number of amides is 1. The topological polar surface area (TPSA) is 66.4 Å². The minimum absolute atomic E-state index is 0.0637. The normalized spacial score (nSPS) is 16.4. The number of hydrogen-bond acceptors (Lipinski definition) is 3. The number of nitrogens with one attached hydrogen (secondary N) is 1. The van der Waals surface area contributed by atoms with Gasteiger partial charge in [-0.2, -0.15) is 0 Å². The summed E-state index contributed by atoms with van der Waals surface area (Å²) < 4.78 is 0. The van der Waals surface area contributed by atoms with Crippen molar-refractivity contribution >= 4 is 23.2 Å². The highest BCUT2D eigenvalue weighted by Crippen LogP contribution is 2.32. The fourth-order valence-electron chi connectivity index (χ4n) is 2.01. The number of rotatable bonds is 6. The van der Waals surface area contributed by atoms with Gasteiger partial charge in [-0.05, 0) is 37.3 Å². The first-order valence-electron chi connectivity index (χ1n) is 6.60. The lowest BCUT2D eigenvalue weighted by Crippen LogP contribution is -2.30. The largest absolute Gasteiger partial charge is 0.477 e. The molecule has 1 aliphatic carbocycles. The van der Waals surface area contributed by atoms with Crippen LogP contribution >= 0.6 is 11.3 Å². The minimum Gasteiger partial charge on any atom is -0.477 e. The first kappa shape index (κ1) is 14.1. The Morgan fingerprint density at radius 3 is 2.58 bits per heavy atom. The third-order valence-corrected chi connectivity index (χ3v) is 4.34. The van der Waals surface area contributed by atoms with Crippen LogP contribution in [0.2, 0.25) is 0 Å². The van der Waals surface area contributed by atoms with Crippen LogP contribution in [0.3, 0.4) is 0 Å². The van der Waals surface area contributed by atoms with Gasteiger partial charge in [-0.1, -0.05) is 13.8 Å². The quantitative estimate of drug-likeness (QED) is 0.842. The molecule has 0 saturated heterocycles. The second-order valence-corrected chi connectivity index (χ2v) is 6.59. The van der Waals surface area contributed by atoms with Gasteiger partial charge in [0, 0.05) is 10.8 Å². The molecule has 2 rings (SSSR count). The second kappa shape index (κ2) is 5.74. The fraction of sp³-hybridized carbons (Fsp3) is 0.571. The van der Waals surface area contributed by atoms with Gasteiger partial charge in [-0.3, -0.25) is 4.79 Å². The summed E-state index contributed by atoms with van der Waals surface area (Å²) in [5.74, 6) is -0.183. The number of hydrogen-bond donors (Lipinski definition) is 2. The Bertz CT molecular complexity index is 477. The van der Waals surface area contributed by atoms with Crippen molar-refractivity contribution in [3.8, 4) is 0 Å². The van der Waals surface area contributed by atoms with Crippen LogP contribution in [0.4, 0.5) is 0 Å². The van der Waals surface area contributed by atoms with Gasteiger partial charge in [0.2, 0.25) is 5.91 Å². The van der Waals surface area contributed by atoms with E-state index < -0.39 is 5.97 Å². The average Bonchev–Trinajstić information content (AvgIpc) is 3.04. The van der Waals surface area contributed by atoms with Gasteiger partial charge < -0.3 is 10.4 Å². The van der Waals surface area contributed by atoms with Crippen molar-refractivity contribution in [3.63, 3.8) is 0 Å². The van der Waals surface area contributed by atoms with Crippen LogP contribution in [-0.2, 0) is 4.79 Å². The van der Waals surface area contributed by atoms with Crippen LogP contribution < -0.4 is 5.32 Å². The van der Waals surface area contributed by atoms with Gasteiger partial charge in [-0.15, -0.1) is 11.3 Å². The lowest BCUT2D eigenvalue weighted by Gasteiger charge is -2.19. The Morgan fingerprint density at radius 2 is 2.11 bits per heavy atom. The molecule has 0 bridgehead atoms. The van der Waals surface area contributed by atoms with Gasteiger partial charge in [0.1, 0.15) is 4.88 Å². The van der Waals surface area contributed by atoms with Crippen molar-refractivity contribution in [2.75, 3.05) is 0 Å². The van der Waals surface area contributed by atoms with E-state index in [-0.39, 0.29) is 17.9 Å². The molecule has 1 atom stereocenters. The summed E-state index contributed by atoms with van der Waals surface area (Å²) in [5.41, 5.74) is 0. The van der Waals surface area contributed by atoms with E-state index in [1.165, 1.54) is 11.3 Å². The smallest absolute Gasteiger partial charge is 0.345 e. The van der Waals surface area contributed by atoms with Gasteiger partial charge in [0.15, 0.2) is 0 Å². The molecule has 4 nitrogen and oxygen atoms in total. The first-order chi connectivity index (χ1) is 8.97. The highest BCUT2D eigenvalue weighted by molar-refractivity contribution is 7.14. The van der Waals surface area contributed by atoms with Crippen LogP contribution in [0, 0.1) is 11.8 Å². The molecule has 5 heteroatoms. The van der Waals surface area contributed by atoms with Crippen molar-refractivity contribution in [3.05, 3.63) is 21.9 Å². The maximum atomic E-state index is 11.9. The standard InChI is InChI=1S/C14H19NO3S/c1-8(2)7-10(15-13(16)9-3-4-9)11-5-6-12(19-11)14(17)18/h5-6,8-10H,3-4,7H2,1-2H3,(H,15,16)(H,17,18). The second-order valence-electron chi connectivity index (χ2n) is 5.47. The minimum atomic E-state index is -0.909. The van der Waals surface area contributed by atoms with Crippen LogP contribution in [-0.4, -0.2) is 17.0 Å². The summed E-state index contributed by atoms with van der Waals surface area (Å²) in [6.07, 6.45) is 2.79. The highest BCUT2D eigenvalue weighted by Gasteiger charge is 2.31. The molecule has 0 spiro atoms. The molecule has 0 aliphatic heterocycles. The summed E-state index contributed by atoms with van der Waals surface area (Å²) in [5, 5.41) is 12.0. The highest BCUT2D eigenvalue weighted by atomic mass is 32.1. The van der Waals surface area contributed by atoms with Crippen LogP contribution in [0.1, 0.15) is 53.7 Å². The number of aromatic carboxylic acids is 1. The Morgan fingerprint density at radius 1 is 1.42 bits per heavy atom. The van der Waals surface area contributed by atoms with Gasteiger partial charge in [-0.25, -0.2) is 4.79 Å². The van der Waals surface area contributed by atoms with Crippen molar-refractivity contribution in [1.29, 1.82) is 0 Å². The third kappa shape index (κ3) is 3.80. The van der Waals surface area contributed by atoms with E-state index in [2.05, 4.69) is 19.2 Å². The predicted molar refractivity (Wildman–Crippen MR) is 74.3 cm³/mol. The first-order valence-corrected chi connectivity index (χ1v) is 7.42. The Kier molecular flexibility index (Phi) is 4.24. The molecule has 1 fully saturated rings. The molecular weight excluding hydrogens is 262 g/mol. The Balaban J connectivity index is 2.10. The van der Waals surface area contributed by atoms with Crippen molar-refractivity contribution in [1.82, 2.24) is 5.32 Å². The average molecular weight is 281 g/mol. The molecule has 1 saturated carbocycles. The summed E-state index contributed by atoms with van der Waals surface area (Å²) in [6, 6.07) is 3.36. The Labute approximate surface area is 116 Å². The van der Waals surface area contributed by atoms with Crippen molar-refractivity contribution in [2.24, 2.45) is 11.8 Å². The van der Waals surface area contributed by atoms with Crippen LogP contribution in [0.25, 0.3) is 0 Å². The predicted octanol–water partition coefficient (Wildman–Crippen LogP) is 3.06. The van der Waals surface area contributed by atoms with E-state index in [1.54, 1.807) is 6.07 Å². The molecule has 1 aromatic heterocycles. The molecule has 1 aliphatic rings. The summed E-state index contributed by atoms with van der Waals surface area (Å²) in [4.78, 5) is 24.1. The monoisotopic (exact) mass is 281 g/mol. The molecule has 1 heterocycles. The van der Waals surface area contributed by atoms with E-state index in [4.69, 9.17) is 5.11 Å². The molecule has 1 aromatic rings. The van der Waals surface area contributed by atoms with E-state index in [0.29, 0.717) is 10.8 Å². The number of carbonyl (C=O) groups is 2. The zero-order valence-corrected chi connectivity index (χ0v) is 12.0. The van der Waals surface area contributed by atoms with E-state index >= 15 is 0 Å². The Hall–Kier alpha value is -1.36. The van der Waals surface area contributed by atoms with E-state index in [1.807, 2.05) is 6.07 Å². The maximum absolute atomic E-state index is 11.9. The van der Waals surface area contributed by atoms with Crippen molar-refractivity contribution in [2.45, 2.75) is 39.2 Å². The number of thiophene rings is 1. The number of carboxylic acids is 1. The molecule has 0 aromatic carbocycles. The van der Waals surface area contributed by atoms with Crippen molar-refractivity contribution < 1.29 is 14.7 Å². The van der Waals surface area contributed by atoms with Gasteiger partial charge in [0.05, 0.1) is 6.04 Å². The molecule has 1 unspecified atom stereocenters. The third-order valence-electron chi connectivity index (χ3n) is 3.15. The zero-order chi connectivity index (χ0) is 14.0. The molecular formula is C14H19NO3S. The lowest BCUT2D eigenvalue weighted by molar-refractivity contribution is -0.123. The SMILES string of the molecule is CC(C)CC(NC(=O)C1CC1)c1ccc(C(=O)O)s1.